The Bertz CT molecular complexity index is 357. The Morgan fingerprint density at radius 2 is 2.27 bits per heavy atom. The van der Waals surface area contributed by atoms with Gasteiger partial charge in [-0.2, -0.15) is 0 Å². The van der Waals surface area contributed by atoms with E-state index < -0.39 is 5.97 Å². The Kier molecular flexibility index (Phi) is 4.33. The average Bonchev–Trinajstić information content (AvgIpc) is 2.17. The lowest BCUT2D eigenvalue weighted by atomic mass is 10.2. The molecule has 1 aromatic heterocycles. The largest absolute Gasteiger partial charge is 0.478 e. The molecule has 0 aliphatic heterocycles. The maximum absolute atomic E-state index is 10.7. The van der Waals surface area contributed by atoms with Crippen LogP contribution in [-0.4, -0.2) is 34.3 Å². The first-order chi connectivity index (χ1) is 7.13. The van der Waals surface area contributed by atoms with Crippen molar-refractivity contribution in [3.05, 3.63) is 22.8 Å². The van der Waals surface area contributed by atoms with Gasteiger partial charge in [-0.25, -0.2) is 9.78 Å². The fraction of sp³-hybridized carbons (Fsp3) is 0.333. The number of pyridine rings is 1. The second-order valence-electron chi connectivity index (χ2n) is 2.87. The number of hydrogen-bond donors (Lipinski definition) is 3. The van der Waals surface area contributed by atoms with Gasteiger partial charge in [-0.15, -0.1) is 0 Å². The summed E-state index contributed by atoms with van der Waals surface area (Å²) in [6, 6.07) is 2.67. The van der Waals surface area contributed by atoms with Crippen LogP contribution in [0.25, 0.3) is 0 Å². The Hall–Kier alpha value is -1.33. The number of halogens is 1. The molecule has 0 amide bonds. The van der Waals surface area contributed by atoms with Crippen molar-refractivity contribution in [2.24, 2.45) is 0 Å². The fourth-order valence-corrected chi connectivity index (χ4v) is 1.22. The summed E-state index contributed by atoms with van der Waals surface area (Å²) in [6.45, 7) is 0.586. The van der Waals surface area contributed by atoms with E-state index in [-0.39, 0.29) is 17.3 Å². The van der Waals surface area contributed by atoms with Crippen molar-refractivity contribution in [2.45, 2.75) is 6.42 Å². The topological polar surface area (TPSA) is 82.5 Å². The van der Waals surface area contributed by atoms with Gasteiger partial charge in [0.1, 0.15) is 11.0 Å². The predicted octanol–water partition coefficient (Wildman–Crippen LogP) is 1.23. The molecule has 0 aliphatic carbocycles. The van der Waals surface area contributed by atoms with Crippen molar-refractivity contribution in [3.63, 3.8) is 0 Å². The zero-order chi connectivity index (χ0) is 11.3. The van der Waals surface area contributed by atoms with Crippen molar-refractivity contribution >= 4 is 23.4 Å². The molecule has 0 aliphatic rings. The van der Waals surface area contributed by atoms with Gasteiger partial charge in [0.15, 0.2) is 0 Å². The number of aliphatic hydroxyl groups is 1. The van der Waals surface area contributed by atoms with E-state index in [4.69, 9.17) is 21.8 Å². The molecule has 1 heterocycles. The number of nitrogens with one attached hydrogen (secondary N) is 1. The predicted molar refractivity (Wildman–Crippen MR) is 56.4 cm³/mol. The third-order valence-corrected chi connectivity index (χ3v) is 1.88. The molecule has 15 heavy (non-hydrogen) atoms. The normalized spacial score (nSPS) is 10.0. The summed E-state index contributed by atoms with van der Waals surface area (Å²) in [4.78, 5) is 14.6. The van der Waals surface area contributed by atoms with Gasteiger partial charge in [0.05, 0.1) is 5.56 Å². The summed E-state index contributed by atoms with van der Waals surface area (Å²) >= 11 is 5.64. The highest BCUT2D eigenvalue weighted by Crippen LogP contribution is 2.14. The molecule has 0 saturated heterocycles. The van der Waals surface area contributed by atoms with Gasteiger partial charge in [0, 0.05) is 13.2 Å². The van der Waals surface area contributed by atoms with E-state index in [1.165, 1.54) is 12.1 Å². The summed E-state index contributed by atoms with van der Waals surface area (Å²) in [5.74, 6) is -0.655. The van der Waals surface area contributed by atoms with Crippen LogP contribution in [0.15, 0.2) is 12.1 Å². The minimum absolute atomic E-state index is 0.0688. The quantitative estimate of drug-likeness (QED) is 0.524. The summed E-state index contributed by atoms with van der Waals surface area (Å²) < 4.78 is 0. The second kappa shape index (κ2) is 5.53. The molecule has 1 rings (SSSR count). The Labute approximate surface area is 91.7 Å². The molecule has 82 valence electrons. The standard InChI is InChI=1S/C9H11ClN2O3/c10-7-4-6(9(14)15)5-8(12-7)11-2-1-3-13/h4-5,13H,1-3H2,(H,11,12)(H,14,15). The highest BCUT2D eigenvalue weighted by molar-refractivity contribution is 6.29. The van der Waals surface area contributed by atoms with Crippen LogP contribution < -0.4 is 5.32 Å². The van der Waals surface area contributed by atoms with E-state index in [1.807, 2.05) is 0 Å². The number of aromatic carboxylic acids is 1. The first kappa shape index (κ1) is 11.7. The number of carboxylic acid groups (broad SMARTS) is 1. The Balaban J connectivity index is 2.75. The summed E-state index contributed by atoms with van der Waals surface area (Å²) in [6.07, 6.45) is 0.566. The van der Waals surface area contributed by atoms with Crippen molar-refractivity contribution in [1.29, 1.82) is 0 Å². The number of nitrogens with zero attached hydrogens (tertiary/aromatic N) is 1. The molecule has 0 saturated carbocycles. The smallest absolute Gasteiger partial charge is 0.335 e. The van der Waals surface area contributed by atoms with E-state index in [0.29, 0.717) is 18.8 Å². The van der Waals surface area contributed by atoms with Gasteiger partial charge in [0.25, 0.3) is 0 Å². The molecule has 0 aromatic carbocycles. The number of rotatable bonds is 5. The molecular weight excluding hydrogens is 220 g/mol. The van der Waals surface area contributed by atoms with Gasteiger partial charge < -0.3 is 15.5 Å². The molecule has 0 spiro atoms. The zero-order valence-electron chi connectivity index (χ0n) is 7.90. The molecule has 6 heteroatoms. The van der Waals surface area contributed by atoms with Gasteiger partial charge >= 0.3 is 5.97 Å². The highest BCUT2D eigenvalue weighted by Gasteiger charge is 2.06. The second-order valence-corrected chi connectivity index (χ2v) is 3.26. The van der Waals surface area contributed by atoms with Crippen LogP contribution in [0.4, 0.5) is 5.82 Å². The number of aromatic nitrogens is 1. The van der Waals surface area contributed by atoms with Crippen molar-refractivity contribution in [3.8, 4) is 0 Å². The third-order valence-electron chi connectivity index (χ3n) is 1.68. The maximum Gasteiger partial charge on any atom is 0.335 e. The molecule has 3 N–H and O–H groups in total. The van der Waals surface area contributed by atoms with Gasteiger partial charge in [0.2, 0.25) is 0 Å². The number of carboxylic acids is 1. The average molecular weight is 231 g/mol. The molecule has 0 atom stereocenters. The minimum atomic E-state index is -1.05. The summed E-state index contributed by atoms with van der Waals surface area (Å²) in [5, 5.41) is 20.3. The van der Waals surface area contributed by atoms with Crippen LogP contribution in [0.5, 0.6) is 0 Å². The van der Waals surface area contributed by atoms with E-state index in [0.717, 1.165) is 0 Å². The SMILES string of the molecule is O=C(O)c1cc(Cl)nc(NCCCO)c1. The Morgan fingerprint density at radius 3 is 2.87 bits per heavy atom. The minimum Gasteiger partial charge on any atom is -0.478 e. The monoisotopic (exact) mass is 230 g/mol. The van der Waals surface area contributed by atoms with E-state index in [9.17, 15) is 4.79 Å². The van der Waals surface area contributed by atoms with Crippen molar-refractivity contribution in [1.82, 2.24) is 4.98 Å². The molecule has 5 nitrogen and oxygen atoms in total. The van der Waals surface area contributed by atoms with Crippen molar-refractivity contribution < 1.29 is 15.0 Å². The van der Waals surface area contributed by atoms with E-state index >= 15 is 0 Å². The lowest BCUT2D eigenvalue weighted by molar-refractivity contribution is 0.0697. The molecule has 0 bridgehead atoms. The number of aliphatic hydroxyl groups excluding tert-OH is 1. The molecule has 0 unspecified atom stereocenters. The van der Waals surface area contributed by atoms with Crippen LogP contribution in [0.2, 0.25) is 5.15 Å². The van der Waals surface area contributed by atoms with Gasteiger partial charge in [-0.05, 0) is 18.6 Å². The summed E-state index contributed by atoms with van der Waals surface area (Å²) in [5.41, 5.74) is 0.0847. The van der Waals surface area contributed by atoms with E-state index in [2.05, 4.69) is 10.3 Å². The van der Waals surface area contributed by atoms with Gasteiger partial charge in [-0.1, -0.05) is 11.6 Å². The van der Waals surface area contributed by atoms with E-state index in [1.54, 1.807) is 0 Å². The van der Waals surface area contributed by atoms with Crippen LogP contribution in [0.3, 0.4) is 0 Å². The van der Waals surface area contributed by atoms with Crippen LogP contribution in [-0.2, 0) is 0 Å². The first-order valence-electron chi connectivity index (χ1n) is 4.39. The number of anilines is 1. The first-order valence-corrected chi connectivity index (χ1v) is 4.77. The molecule has 1 aromatic rings. The molecule has 0 fully saturated rings. The van der Waals surface area contributed by atoms with Crippen molar-refractivity contribution in [2.75, 3.05) is 18.5 Å². The maximum atomic E-state index is 10.7. The molecule has 0 radical (unpaired) electrons. The van der Waals surface area contributed by atoms with Crippen LogP contribution >= 0.6 is 11.6 Å². The zero-order valence-corrected chi connectivity index (χ0v) is 8.66. The fourth-order valence-electron chi connectivity index (χ4n) is 1.01. The van der Waals surface area contributed by atoms with Gasteiger partial charge in [-0.3, -0.25) is 0 Å². The number of carbonyl (C=O) groups is 1. The lowest BCUT2D eigenvalue weighted by Crippen LogP contribution is -2.07. The Morgan fingerprint density at radius 1 is 1.53 bits per heavy atom. The molecular formula is C9H11ClN2O3. The van der Waals surface area contributed by atoms with Crippen LogP contribution in [0.1, 0.15) is 16.8 Å². The number of hydrogen-bond acceptors (Lipinski definition) is 4. The van der Waals surface area contributed by atoms with Crippen LogP contribution in [0, 0.1) is 0 Å². The lowest BCUT2D eigenvalue weighted by Gasteiger charge is -2.05. The highest BCUT2D eigenvalue weighted by atomic mass is 35.5. The summed E-state index contributed by atoms with van der Waals surface area (Å²) in [7, 11) is 0. The third kappa shape index (κ3) is 3.73.